The second kappa shape index (κ2) is 6.73. The first kappa shape index (κ1) is 18.5. The Morgan fingerprint density at radius 1 is 1.05 bits per heavy atom. The molecule has 0 aromatic heterocycles. The summed E-state index contributed by atoms with van der Waals surface area (Å²) < 4.78 is 10.5. The molecule has 2 N–H and O–H groups in total. The van der Waals surface area contributed by atoms with Crippen LogP contribution in [0.1, 0.15) is 48.0 Å². The van der Waals surface area contributed by atoms with Gasteiger partial charge in [0, 0.05) is 6.54 Å². The van der Waals surface area contributed by atoms with Crippen molar-refractivity contribution in [3.8, 4) is 0 Å². The second-order valence-corrected chi connectivity index (χ2v) is 7.62. The molecule has 7 heteroatoms. The van der Waals surface area contributed by atoms with Gasteiger partial charge in [0.15, 0.2) is 0 Å². The summed E-state index contributed by atoms with van der Waals surface area (Å²) in [5, 5.41) is 12.6. The topological polar surface area (TPSA) is 88.1 Å². The third kappa shape index (κ3) is 6.98. The van der Waals surface area contributed by atoms with Crippen molar-refractivity contribution in [1.82, 2.24) is 10.2 Å². The van der Waals surface area contributed by atoms with E-state index >= 15 is 0 Å². The summed E-state index contributed by atoms with van der Waals surface area (Å²) in [6, 6.07) is -0.369. The van der Waals surface area contributed by atoms with Crippen molar-refractivity contribution in [3.05, 3.63) is 0 Å². The standard InChI is InChI=1S/C15H28N2O5/c1-14(2,3)21-12(19)16-10-7-11(18)9-17(8-10)13(20)22-15(4,5)6/h10-11,18H,7-9H2,1-6H3,(H,16,19). The predicted molar refractivity (Wildman–Crippen MR) is 81.6 cm³/mol. The normalized spacial score (nSPS) is 23.0. The Labute approximate surface area is 131 Å². The third-order valence-electron chi connectivity index (χ3n) is 2.80. The highest BCUT2D eigenvalue weighted by molar-refractivity contribution is 5.70. The van der Waals surface area contributed by atoms with Crippen LogP contribution in [0.4, 0.5) is 9.59 Å². The van der Waals surface area contributed by atoms with Crippen LogP contribution in [-0.4, -0.2) is 58.6 Å². The molecule has 1 fully saturated rings. The molecular formula is C15H28N2O5. The van der Waals surface area contributed by atoms with Crippen LogP contribution in [0.2, 0.25) is 0 Å². The number of aliphatic hydroxyl groups excluding tert-OH is 1. The van der Waals surface area contributed by atoms with E-state index in [1.54, 1.807) is 41.5 Å². The highest BCUT2D eigenvalue weighted by Gasteiger charge is 2.33. The summed E-state index contributed by atoms with van der Waals surface area (Å²) in [7, 11) is 0. The van der Waals surface area contributed by atoms with E-state index in [4.69, 9.17) is 9.47 Å². The number of aliphatic hydroxyl groups is 1. The number of ether oxygens (including phenoxy) is 2. The molecule has 1 rings (SSSR count). The second-order valence-electron chi connectivity index (χ2n) is 7.62. The summed E-state index contributed by atoms with van der Waals surface area (Å²) in [6.45, 7) is 11.1. The highest BCUT2D eigenvalue weighted by atomic mass is 16.6. The Morgan fingerprint density at radius 3 is 2.09 bits per heavy atom. The molecule has 1 saturated heterocycles. The Morgan fingerprint density at radius 2 is 1.59 bits per heavy atom. The average Bonchev–Trinajstić information content (AvgIpc) is 2.22. The van der Waals surface area contributed by atoms with Crippen LogP contribution in [-0.2, 0) is 9.47 Å². The Balaban J connectivity index is 2.60. The lowest BCUT2D eigenvalue weighted by Gasteiger charge is -2.36. The van der Waals surface area contributed by atoms with Gasteiger partial charge in [-0.3, -0.25) is 0 Å². The largest absolute Gasteiger partial charge is 0.444 e. The first-order valence-electron chi connectivity index (χ1n) is 7.51. The van der Waals surface area contributed by atoms with Crippen LogP contribution in [0.5, 0.6) is 0 Å². The van der Waals surface area contributed by atoms with Crippen molar-refractivity contribution < 1.29 is 24.2 Å². The molecular weight excluding hydrogens is 288 g/mol. The lowest BCUT2D eigenvalue weighted by Crippen LogP contribution is -2.55. The maximum absolute atomic E-state index is 12.1. The Hall–Kier alpha value is -1.50. The number of β-amino-alcohol motifs (C(OH)–C–C–N with tert-alkyl or cyclic N) is 1. The highest BCUT2D eigenvalue weighted by Crippen LogP contribution is 2.16. The molecule has 0 aromatic rings. The molecule has 0 spiro atoms. The number of nitrogens with one attached hydrogen (secondary N) is 1. The number of alkyl carbamates (subject to hydrolysis) is 1. The Bertz CT molecular complexity index is 411. The SMILES string of the molecule is CC(C)(C)OC(=O)NC1CC(O)CN(C(=O)OC(C)(C)C)C1. The minimum atomic E-state index is -0.707. The molecule has 0 saturated carbocycles. The van der Waals surface area contributed by atoms with Gasteiger partial charge in [-0.2, -0.15) is 0 Å². The van der Waals surface area contributed by atoms with Gasteiger partial charge in [-0.1, -0.05) is 0 Å². The summed E-state index contributed by atoms with van der Waals surface area (Å²) >= 11 is 0. The van der Waals surface area contributed by atoms with E-state index in [9.17, 15) is 14.7 Å². The fourth-order valence-electron chi connectivity index (χ4n) is 2.13. The van der Waals surface area contributed by atoms with Gasteiger partial charge < -0.3 is 24.8 Å². The van der Waals surface area contributed by atoms with E-state index in [0.29, 0.717) is 6.42 Å². The maximum Gasteiger partial charge on any atom is 0.410 e. The summed E-state index contributed by atoms with van der Waals surface area (Å²) in [4.78, 5) is 25.3. The average molecular weight is 316 g/mol. The van der Waals surface area contributed by atoms with Gasteiger partial charge in [-0.05, 0) is 48.0 Å². The maximum atomic E-state index is 12.1. The van der Waals surface area contributed by atoms with Crippen LogP contribution < -0.4 is 5.32 Å². The number of amides is 2. The van der Waals surface area contributed by atoms with E-state index in [2.05, 4.69) is 5.32 Å². The molecule has 2 amide bonds. The number of hydrogen-bond donors (Lipinski definition) is 2. The zero-order chi connectivity index (χ0) is 17.1. The number of carbonyl (C=O) groups is 2. The fourth-order valence-corrected chi connectivity index (χ4v) is 2.13. The summed E-state index contributed by atoms with van der Waals surface area (Å²) in [5.41, 5.74) is -1.20. The lowest BCUT2D eigenvalue weighted by atomic mass is 10.0. The lowest BCUT2D eigenvalue weighted by molar-refractivity contribution is -0.00477. The smallest absolute Gasteiger partial charge is 0.410 e. The summed E-state index contributed by atoms with van der Waals surface area (Å²) in [5.74, 6) is 0. The van der Waals surface area contributed by atoms with E-state index in [-0.39, 0.29) is 19.1 Å². The molecule has 0 radical (unpaired) electrons. The molecule has 2 atom stereocenters. The molecule has 0 aliphatic carbocycles. The van der Waals surface area contributed by atoms with Gasteiger partial charge in [0.05, 0.1) is 18.7 Å². The van der Waals surface area contributed by atoms with Crippen molar-refractivity contribution in [3.63, 3.8) is 0 Å². The van der Waals surface area contributed by atoms with Crippen molar-refractivity contribution >= 4 is 12.2 Å². The molecule has 2 unspecified atom stereocenters. The van der Waals surface area contributed by atoms with E-state index < -0.39 is 29.5 Å². The molecule has 1 heterocycles. The molecule has 1 aliphatic rings. The molecule has 22 heavy (non-hydrogen) atoms. The van der Waals surface area contributed by atoms with Crippen LogP contribution in [0.25, 0.3) is 0 Å². The quantitative estimate of drug-likeness (QED) is 0.771. The zero-order valence-corrected chi connectivity index (χ0v) is 14.3. The van der Waals surface area contributed by atoms with Crippen molar-refractivity contribution in [2.24, 2.45) is 0 Å². The van der Waals surface area contributed by atoms with Gasteiger partial charge in [0.2, 0.25) is 0 Å². The molecule has 0 bridgehead atoms. The minimum absolute atomic E-state index is 0.196. The van der Waals surface area contributed by atoms with Gasteiger partial charge >= 0.3 is 12.2 Å². The monoisotopic (exact) mass is 316 g/mol. The summed E-state index contributed by atoms with van der Waals surface area (Å²) in [6.07, 6.45) is -1.39. The first-order valence-corrected chi connectivity index (χ1v) is 7.51. The number of rotatable bonds is 1. The van der Waals surface area contributed by atoms with Crippen LogP contribution >= 0.6 is 0 Å². The van der Waals surface area contributed by atoms with Crippen LogP contribution in [0, 0.1) is 0 Å². The van der Waals surface area contributed by atoms with Gasteiger partial charge in [-0.15, -0.1) is 0 Å². The molecule has 1 aliphatic heterocycles. The zero-order valence-electron chi connectivity index (χ0n) is 14.3. The number of hydrogen-bond acceptors (Lipinski definition) is 5. The molecule has 7 nitrogen and oxygen atoms in total. The molecule has 128 valence electrons. The predicted octanol–water partition coefficient (Wildman–Crippen LogP) is 1.88. The van der Waals surface area contributed by atoms with E-state index in [0.717, 1.165) is 0 Å². The van der Waals surface area contributed by atoms with Crippen molar-refractivity contribution in [1.29, 1.82) is 0 Å². The number of carbonyl (C=O) groups excluding carboxylic acids is 2. The minimum Gasteiger partial charge on any atom is -0.444 e. The van der Waals surface area contributed by atoms with Crippen molar-refractivity contribution in [2.45, 2.75) is 71.3 Å². The van der Waals surface area contributed by atoms with Crippen molar-refractivity contribution in [2.75, 3.05) is 13.1 Å². The van der Waals surface area contributed by atoms with Gasteiger partial charge in [0.1, 0.15) is 11.2 Å². The van der Waals surface area contributed by atoms with Gasteiger partial charge in [-0.25, -0.2) is 9.59 Å². The fraction of sp³-hybridized carbons (Fsp3) is 0.867. The number of nitrogens with zero attached hydrogens (tertiary/aromatic N) is 1. The number of likely N-dealkylation sites (tertiary alicyclic amines) is 1. The first-order chi connectivity index (χ1) is 9.85. The Kier molecular flexibility index (Phi) is 5.67. The van der Waals surface area contributed by atoms with Crippen LogP contribution in [0.3, 0.4) is 0 Å². The molecule has 0 aromatic carbocycles. The van der Waals surface area contributed by atoms with Gasteiger partial charge in [0.25, 0.3) is 0 Å². The van der Waals surface area contributed by atoms with E-state index in [1.807, 2.05) is 0 Å². The third-order valence-corrected chi connectivity index (χ3v) is 2.80. The van der Waals surface area contributed by atoms with Crippen LogP contribution in [0.15, 0.2) is 0 Å². The number of piperidine rings is 1. The van der Waals surface area contributed by atoms with E-state index in [1.165, 1.54) is 4.90 Å².